The van der Waals surface area contributed by atoms with Gasteiger partial charge in [-0.1, -0.05) is 18.2 Å². The molecule has 0 saturated carbocycles. The summed E-state index contributed by atoms with van der Waals surface area (Å²) < 4.78 is 5.76. The third-order valence-electron chi connectivity index (χ3n) is 2.70. The van der Waals surface area contributed by atoms with Crippen LogP contribution in [-0.4, -0.2) is 29.9 Å². The number of carbonyl (C=O) groups is 1. The molecular formula is C15H17N3O2. The molecule has 2 aromatic rings. The molecule has 0 fully saturated rings. The predicted molar refractivity (Wildman–Crippen MR) is 76.7 cm³/mol. The maximum Gasteiger partial charge on any atom is 0.254 e. The number of para-hydroxylation sites is 1. The molecule has 0 atom stereocenters. The molecule has 1 amide bonds. The zero-order valence-electron chi connectivity index (χ0n) is 11.5. The van der Waals surface area contributed by atoms with Gasteiger partial charge < -0.3 is 15.4 Å². The highest BCUT2D eigenvalue weighted by Crippen LogP contribution is 2.26. The van der Waals surface area contributed by atoms with Gasteiger partial charge in [0.15, 0.2) is 0 Å². The number of amides is 1. The van der Waals surface area contributed by atoms with Crippen molar-refractivity contribution in [1.29, 1.82) is 0 Å². The van der Waals surface area contributed by atoms with E-state index in [1.807, 2.05) is 43.3 Å². The molecule has 1 aromatic heterocycles. The van der Waals surface area contributed by atoms with Gasteiger partial charge in [-0.05, 0) is 32.3 Å². The predicted octanol–water partition coefficient (Wildman–Crippen LogP) is 2.03. The second kappa shape index (κ2) is 6.16. The maximum atomic E-state index is 11.4. The molecule has 2 N–H and O–H groups in total. The van der Waals surface area contributed by atoms with Gasteiger partial charge in [-0.15, -0.1) is 0 Å². The van der Waals surface area contributed by atoms with Gasteiger partial charge in [-0.2, -0.15) is 0 Å². The van der Waals surface area contributed by atoms with Crippen molar-refractivity contribution < 1.29 is 9.53 Å². The third-order valence-corrected chi connectivity index (χ3v) is 2.70. The van der Waals surface area contributed by atoms with E-state index in [2.05, 4.69) is 4.98 Å². The molecule has 1 heterocycles. The first-order chi connectivity index (χ1) is 9.58. The van der Waals surface area contributed by atoms with Crippen molar-refractivity contribution in [2.75, 3.05) is 14.1 Å². The first kappa shape index (κ1) is 14.0. The van der Waals surface area contributed by atoms with Gasteiger partial charge in [0, 0.05) is 18.3 Å². The normalized spacial score (nSPS) is 10.6. The molecule has 2 rings (SSSR count). The van der Waals surface area contributed by atoms with Crippen LogP contribution in [0.4, 0.5) is 0 Å². The van der Waals surface area contributed by atoms with E-state index >= 15 is 0 Å². The summed E-state index contributed by atoms with van der Waals surface area (Å²) in [6.07, 6.45) is 1.57. The van der Waals surface area contributed by atoms with Gasteiger partial charge >= 0.3 is 0 Å². The van der Waals surface area contributed by atoms with Gasteiger partial charge in [0.25, 0.3) is 5.91 Å². The fourth-order valence-corrected chi connectivity index (χ4v) is 1.84. The minimum Gasteiger partial charge on any atom is -0.438 e. The number of aromatic nitrogens is 1. The highest BCUT2D eigenvalue weighted by molar-refractivity contribution is 5.95. The number of nitrogens with zero attached hydrogens (tertiary/aromatic N) is 2. The lowest BCUT2D eigenvalue weighted by atomic mass is 10.2. The first-order valence-electron chi connectivity index (χ1n) is 6.23. The number of carbonyl (C=O) groups excluding carboxylic acids is 1. The number of pyridine rings is 1. The molecular weight excluding hydrogens is 254 g/mol. The first-order valence-corrected chi connectivity index (χ1v) is 6.23. The Labute approximate surface area is 118 Å². The van der Waals surface area contributed by atoms with Crippen LogP contribution in [0.2, 0.25) is 0 Å². The van der Waals surface area contributed by atoms with Crippen LogP contribution in [0.1, 0.15) is 15.9 Å². The lowest BCUT2D eigenvalue weighted by Gasteiger charge is -2.15. The quantitative estimate of drug-likeness (QED) is 0.903. The zero-order chi connectivity index (χ0) is 14.5. The number of primary amides is 1. The van der Waals surface area contributed by atoms with Crippen LogP contribution in [0.15, 0.2) is 42.6 Å². The van der Waals surface area contributed by atoms with Gasteiger partial charge in [0.2, 0.25) is 5.88 Å². The van der Waals surface area contributed by atoms with Gasteiger partial charge in [0.1, 0.15) is 11.3 Å². The smallest absolute Gasteiger partial charge is 0.254 e. The Kier molecular flexibility index (Phi) is 4.32. The largest absolute Gasteiger partial charge is 0.438 e. The van der Waals surface area contributed by atoms with Crippen LogP contribution < -0.4 is 10.5 Å². The van der Waals surface area contributed by atoms with E-state index in [1.165, 1.54) is 0 Å². The standard InChI is InChI=1S/C15H17N3O2/c1-18(2)10-11-6-3-4-8-13(11)20-15-12(14(16)19)7-5-9-17-15/h3-9H,10H2,1-2H3,(H2,16,19). The van der Waals surface area contributed by atoms with Crippen LogP contribution in [0.3, 0.4) is 0 Å². The molecule has 0 radical (unpaired) electrons. The van der Waals surface area contributed by atoms with Crippen molar-refractivity contribution in [2.24, 2.45) is 5.73 Å². The minimum atomic E-state index is -0.557. The van der Waals surface area contributed by atoms with E-state index in [0.717, 1.165) is 12.1 Å². The number of benzene rings is 1. The SMILES string of the molecule is CN(C)Cc1ccccc1Oc1ncccc1C(N)=O. The van der Waals surface area contributed by atoms with Gasteiger partial charge in [0.05, 0.1) is 0 Å². The van der Waals surface area contributed by atoms with E-state index in [1.54, 1.807) is 18.3 Å². The summed E-state index contributed by atoms with van der Waals surface area (Å²) >= 11 is 0. The van der Waals surface area contributed by atoms with E-state index in [0.29, 0.717) is 5.75 Å². The average Bonchev–Trinajstić information content (AvgIpc) is 2.41. The van der Waals surface area contributed by atoms with Gasteiger partial charge in [-0.3, -0.25) is 4.79 Å². The van der Waals surface area contributed by atoms with Crippen molar-refractivity contribution >= 4 is 5.91 Å². The molecule has 20 heavy (non-hydrogen) atoms. The lowest BCUT2D eigenvalue weighted by Crippen LogP contribution is -2.14. The van der Waals surface area contributed by atoms with Crippen LogP contribution in [0, 0.1) is 0 Å². The fourth-order valence-electron chi connectivity index (χ4n) is 1.84. The Morgan fingerprint density at radius 3 is 2.70 bits per heavy atom. The average molecular weight is 271 g/mol. The van der Waals surface area contributed by atoms with Crippen LogP contribution in [-0.2, 0) is 6.54 Å². The number of rotatable bonds is 5. The van der Waals surface area contributed by atoms with E-state index in [-0.39, 0.29) is 11.4 Å². The van der Waals surface area contributed by atoms with Crippen molar-refractivity contribution in [3.05, 3.63) is 53.7 Å². The Hall–Kier alpha value is -2.40. The monoisotopic (exact) mass is 271 g/mol. The Bertz CT molecular complexity index is 612. The summed E-state index contributed by atoms with van der Waals surface area (Å²) in [4.78, 5) is 17.5. The zero-order valence-corrected chi connectivity index (χ0v) is 11.5. The molecule has 0 aliphatic carbocycles. The maximum absolute atomic E-state index is 11.4. The lowest BCUT2D eigenvalue weighted by molar-refractivity contribution is 0.0997. The van der Waals surface area contributed by atoms with Crippen molar-refractivity contribution in [3.63, 3.8) is 0 Å². The molecule has 1 aromatic carbocycles. The molecule has 0 spiro atoms. The Morgan fingerprint density at radius 1 is 1.25 bits per heavy atom. The summed E-state index contributed by atoms with van der Waals surface area (Å²) in [6.45, 7) is 0.731. The summed E-state index contributed by atoms with van der Waals surface area (Å²) in [5, 5.41) is 0. The molecule has 0 unspecified atom stereocenters. The Balaban J connectivity index is 2.33. The second-order valence-corrected chi connectivity index (χ2v) is 4.67. The number of hydrogen-bond acceptors (Lipinski definition) is 4. The molecule has 0 aliphatic rings. The number of ether oxygens (including phenoxy) is 1. The second-order valence-electron chi connectivity index (χ2n) is 4.67. The van der Waals surface area contributed by atoms with E-state index in [4.69, 9.17) is 10.5 Å². The fraction of sp³-hybridized carbons (Fsp3) is 0.200. The summed E-state index contributed by atoms with van der Waals surface area (Å²) in [6, 6.07) is 10.9. The van der Waals surface area contributed by atoms with E-state index < -0.39 is 5.91 Å². The highest BCUT2D eigenvalue weighted by Gasteiger charge is 2.13. The minimum absolute atomic E-state index is 0.228. The molecule has 0 bridgehead atoms. The van der Waals surface area contributed by atoms with Crippen LogP contribution >= 0.6 is 0 Å². The van der Waals surface area contributed by atoms with Crippen molar-refractivity contribution in [2.45, 2.75) is 6.54 Å². The van der Waals surface area contributed by atoms with Crippen LogP contribution in [0.25, 0.3) is 0 Å². The molecule has 5 nitrogen and oxygen atoms in total. The third kappa shape index (κ3) is 3.33. The van der Waals surface area contributed by atoms with Crippen molar-refractivity contribution in [3.8, 4) is 11.6 Å². The molecule has 0 aliphatic heterocycles. The number of hydrogen-bond donors (Lipinski definition) is 1. The summed E-state index contributed by atoms with van der Waals surface area (Å²) in [5.74, 6) is 0.340. The topological polar surface area (TPSA) is 68.4 Å². The Morgan fingerprint density at radius 2 is 2.00 bits per heavy atom. The summed E-state index contributed by atoms with van der Waals surface area (Å²) in [5.41, 5.74) is 6.60. The van der Waals surface area contributed by atoms with E-state index in [9.17, 15) is 4.79 Å². The van der Waals surface area contributed by atoms with Crippen LogP contribution in [0.5, 0.6) is 11.6 Å². The molecule has 0 saturated heterocycles. The van der Waals surface area contributed by atoms with Gasteiger partial charge in [-0.25, -0.2) is 4.98 Å². The molecule has 5 heteroatoms. The van der Waals surface area contributed by atoms with Crippen molar-refractivity contribution in [1.82, 2.24) is 9.88 Å². The number of nitrogens with two attached hydrogens (primary N) is 1. The highest BCUT2D eigenvalue weighted by atomic mass is 16.5. The summed E-state index contributed by atoms with van der Waals surface area (Å²) in [7, 11) is 3.96. The molecule has 104 valence electrons.